The average Bonchev–Trinajstić information content (AvgIpc) is 3.10. The summed E-state index contributed by atoms with van der Waals surface area (Å²) in [7, 11) is 0. The molecular weight excluding hydrogens is 468 g/mol. The summed E-state index contributed by atoms with van der Waals surface area (Å²) in [5.41, 5.74) is 2.04. The largest absolute Gasteiger partial charge is 0.507 e. The Bertz CT molecular complexity index is 1310. The summed E-state index contributed by atoms with van der Waals surface area (Å²) in [6, 6.07) is 12.6. The second-order valence-corrected chi connectivity index (χ2v) is 8.35. The first-order chi connectivity index (χ1) is 16.9. The Labute approximate surface area is 208 Å². The molecule has 7 nitrogen and oxygen atoms in total. The maximum absolute atomic E-state index is 13.4. The van der Waals surface area contributed by atoms with Crippen LogP contribution in [-0.4, -0.2) is 35.0 Å². The van der Waals surface area contributed by atoms with E-state index in [0.29, 0.717) is 46.5 Å². The second kappa shape index (κ2) is 10.2. The summed E-state index contributed by atoms with van der Waals surface area (Å²) in [6.45, 7) is 6.28. The van der Waals surface area contributed by atoms with Crippen LogP contribution >= 0.6 is 11.6 Å². The van der Waals surface area contributed by atoms with Crippen LogP contribution in [0, 0.1) is 6.92 Å². The molecule has 4 rings (SSSR count). The van der Waals surface area contributed by atoms with Gasteiger partial charge in [-0.05, 0) is 68.3 Å². The van der Waals surface area contributed by atoms with E-state index in [1.165, 1.54) is 4.90 Å². The number of hydrogen-bond donors (Lipinski definition) is 1. The van der Waals surface area contributed by atoms with Crippen LogP contribution in [-0.2, 0) is 9.59 Å². The number of carbonyl (C=O) groups is 2. The lowest BCUT2D eigenvalue weighted by Gasteiger charge is -2.26. The van der Waals surface area contributed by atoms with Crippen molar-refractivity contribution in [3.8, 4) is 11.5 Å². The van der Waals surface area contributed by atoms with Crippen LogP contribution in [0.4, 0.5) is 5.69 Å². The molecule has 1 fully saturated rings. The third kappa shape index (κ3) is 4.59. The standard InChI is InChI=1S/C27H25ClN2O5/c1-4-34-19-9-10-20(22(14-19)35-5-2)25(31)23-24(17-7-6-12-29-15-17)30(27(33)26(23)32)21-11-8-18(28)13-16(21)3/h6-15,24,31H,4-5H2,1-3H3/b25-23-. The van der Waals surface area contributed by atoms with Gasteiger partial charge < -0.3 is 14.6 Å². The van der Waals surface area contributed by atoms with E-state index >= 15 is 0 Å². The van der Waals surface area contributed by atoms with Gasteiger partial charge in [-0.1, -0.05) is 17.7 Å². The Morgan fingerprint density at radius 2 is 1.86 bits per heavy atom. The predicted octanol–water partition coefficient (Wildman–Crippen LogP) is 5.47. The normalized spacial score (nSPS) is 17.0. The number of aliphatic hydroxyl groups excluding tert-OH is 1. The molecule has 1 saturated heterocycles. The molecule has 1 aromatic heterocycles. The maximum atomic E-state index is 13.4. The summed E-state index contributed by atoms with van der Waals surface area (Å²) < 4.78 is 11.3. The minimum absolute atomic E-state index is 0.0533. The average molecular weight is 493 g/mol. The van der Waals surface area contributed by atoms with Crippen molar-refractivity contribution >= 4 is 34.7 Å². The van der Waals surface area contributed by atoms with Gasteiger partial charge in [0.05, 0.1) is 30.4 Å². The van der Waals surface area contributed by atoms with Gasteiger partial charge in [-0.2, -0.15) is 0 Å². The first-order valence-electron chi connectivity index (χ1n) is 11.2. The molecule has 0 spiro atoms. The van der Waals surface area contributed by atoms with E-state index in [4.69, 9.17) is 21.1 Å². The number of pyridine rings is 1. The van der Waals surface area contributed by atoms with Gasteiger partial charge in [-0.15, -0.1) is 0 Å². The fourth-order valence-electron chi connectivity index (χ4n) is 4.20. The van der Waals surface area contributed by atoms with Crippen molar-refractivity contribution in [2.45, 2.75) is 26.8 Å². The number of anilines is 1. The highest BCUT2D eigenvalue weighted by Crippen LogP contribution is 2.44. The Hall–Kier alpha value is -3.84. The van der Waals surface area contributed by atoms with Crippen LogP contribution in [0.15, 0.2) is 66.5 Å². The highest BCUT2D eigenvalue weighted by atomic mass is 35.5. The minimum atomic E-state index is -0.898. The molecule has 180 valence electrons. The molecule has 3 aromatic rings. The topological polar surface area (TPSA) is 89.0 Å². The van der Waals surface area contributed by atoms with Gasteiger partial charge in [0.2, 0.25) is 0 Å². The van der Waals surface area contributed by atoms with E-state index < -0.39 is 17.7 Å². The molecule has 35 heavy (non-hydrogen) atoms. The molecule has 1 aliphatic heterocycles. The fourth-order valence-corrected chi connectivity index (χ4v) is 4.42. The van der Waals surface area contributed by atoms with Crippen molar-refractivity contribution < 1.29 is 24.2 Å². The number of aromatic nitrogens is 1. The molecule has 0 radical (unpaired) electrons. The summed E-state index contributed by atoms with van der Waals surface area (Å²) in [5.74, 6) is -0.988. The lowest BCUT2D eigenvalue weighted by Crippen LogP contribution is -2.30. The first-order valence-corrected chi connectivity index (χ1v) is 11.6. The molecule has 1 atom stereocenters. The first kappa shape index (κ1) is 24.3. The Balaban J connectivity index is 1.95. The Kier molecular flexibility index (Phi) is 7.07. The van der Waals surface area contributed by atoms with Crippen molar-refractivity contribution in [2.24, 2.45) is 0 Å². The third-order valence-electron chi connectivity index (χ3n) is 5.68. The molecular formula is C27H25ClN2O5. The molecule has 1 unspecified atom stereocenters. The van der Waals surface area contributed by atoms with E-state index in [2.05, 4.69) is 4.98 Å². The number of ketones is 1. The molecule has 1 N–H and O–H groups in total. The number of ether oxygens (including phenoxy) is 2. The van der Waals surface area contributed by atoms with Gasteiger partial charge in [0.25, 0.3) is 11.7 Å². The van der Waals surface area contributed by atoms with Crippen LogP contribution in [0.3, 0.4) is 0 Å². The third-order valence-corrected chi connectivity index (χ3v) is 5.92. The number of halogens is 1. The summed E-state index contributed by atoms with van der Waals surface area (Å²) in [4.78, 5) is 32.3. The van der Waals surface area contributed by atoms with Gasteiger partial charge >= 0.3 is 0 Å². The SMILES string of the molecule is CCOc1ccc(/C(O)=C2/C(=O)C(=O)N(c3ccc(Cl)cc3C)C2c2cccnc2)c(OCC)c1. The van der Waals surface area contributed by atoms with E-state index in [1.54, 1.807) is 67.8 Å². The number of aliphatic hydroxyl groups is 1. The fraction of sp³-hybridized carbons (Fsp3) is 0.222. The molecule has 0 bridgehead atoms. The minimum Gasteiger partial charge on any atom is -0.507 e. The van der Waals surface area contributed by atoms with Crippen LogP contribution in [0.2, 0.25) is 5.02 Å². The van der Waals surface area contributed by atoms with Gasteiger partial charge in [-0.25, -0.2) is 0 Å². The number of carbonyl (C=O) groups excluding carboxylic acids is 2. The van der Waals surface area contributed by atoms with Crippen LogP contribution in [0.25, 0.3) is 5.76 Å². The lowest BCUT2D eigenvalue weighted by molar-refractivity contribution is -0.132. The highest BCUT2D eigenvalue weighted by molar-refractivity contribution is 6.52. The molecule has 1 amide bonds. The number of Topliss-reactive ketones (excluding diaryl/α,β-unsaturated/α-hetero) is 1. The number of benzene rings is 2. The van der Waals surface area contributed by atoms with E-state index in [1.807, 2.05) is 13.8 Å². The molecule has 2 heterocycles. The van der Waals surface area contributed by atoms with Crippen molar-refractivity contribution in [3.63, 3.8) is 0 Å². The van der Waals surface area contributed by atoms with E-state index in [-0.39, 0.29) is 16.9 Å². The number of nitrogens with zero attached hydrogens (tertiary/aromatic N) is 2. The molecule has 1 aliphatic rings. The van der Waals surface area contributed by atoms with E-state index in [0.717, 1.165) is 0 Å². The zero-order chi connectivity index (χ0) is 25.1. The van der Waals surface area contributed by atoms with Crippen LogP contribution in [0.1, 0.15) is 36.6 Å². The van der Waals surface area contributed by atoms with Crippen molar-refractivity contribution in [1.29, 1.82) is 0 Å². The number of amides is 1. The molecule has 8 heteroatoms. The Morgan fingerprint density at radius 1 is 1.09 bits per heavy atom. The molecule has 0 aliphatic carbocycles. The van der Waals surface area contributed by atoms with Crippen molar-refractivity contribution in [2.75, 3.05) is 18.1 Å². The second-order valence-electron chi connectivity index (χ2n) is 7.91. The number of aryl methyl sites for hydroxylation is 1. The van der Waals surface area contributed by atoms with E-state index in [9.17, 15) is 14.7 Å². The van der Waals surface area contributed by atoms with Gasteiger partial charge in [0.15, 0.2) is 0 Å². The van der Waals surface area contributed by atoms with Crippen LogP contribution in [0.5, 0.6) is 11.5 Å². The van der Waals surface area contributed by atoms with Gasteiger partial charge in [0, 0.05) is 29.2 Å². The lowest BCUT2D eigenvalue weighted by atomic mass is 9.95. The zero-order valence-corrected chi connectivity index (χ0v) is 20.4. The van der Waals surface area contributed by atoms with Gasteiger partial charge in [0.1, 0.15) is 17.3 Å². The smallest absolute Gasteiger partial charge is 0.300 e. The molecule has 0 saturated carbocycles. The summed E-state index contributed by atoms with van der Waals surface area (Å²) in [6.07, 6.45) is 3.17. The monoisotopic (exact) mass is 492 g/mol. The van der Waals surface area contributed by atoms with Crippen molar-refractivity contribution in [1.82, 2.24) is 4.98 Å². The summed E-state index contributed by atoms with van der Waals surface area (Å²) >= 11 is 6.13. The number of rotatable bonds is 7. The van der Waals surface area contributed by atoms with Crippen molar-refractivity contribution in [3.05, 3.63) is 88.2 Å². The Morgan fingerprint density at radius 3 is 2.51 bits per heavy atom. The molecule has 2 aromatic carbocycles. The highest BCUT2D eigenvalue weighted by Gasteiger charge is 2.47. The zero-order valence-electron chi connectivity index (χ0n) is 19.6. The summed E-state index contributed by atoms with van der Waals surface area (Å²) in [5, 5.41) is 12.0. The number of hydrogen-bond acceptors (Lipinski definition) is 6. The quantitative estimate of drug-likeness (QED) is 0.267. The predicted molar refractivity (Wildman–Crippen MR) is 134 cm³/mol. The van der Waals surface area contributed by atoms with Gasteiger partial charge in [-0.3, -0.25) is 19.5 Å². The van der Waals surface area contributed by atoms with Crippen LogP contribution < -0.4 is 14.4 Å². The maximum Gasteiger partial charge on any atom is 0.300 e.